The number of thiophene rings is 1. The molecule has 2 aromatic carbocycles. The van der Waals surface area contributed by atoms with Gasteiger partial charge < -0.3 is 10.1 Å². The van der Waals surface area contributed by atoms with Crippen molar-refractivity contribution < 1.29 is 13.9 Å². The minimum absolute atomic E-state index is 0.141. The number of carbonyl (C=O) groups excluding carboxylic acids is 1. The van der Waals surface area contributed by atoms with Crippen molar-refractivity contribution in [3.05, 3.63) is 64.3 Å². The smallest absolute Gasteiger partial charge is 0.266 e. The number of anilines is 1. The number of rotatable bonds is 4. The average Bonchev–Trinajstić information content (AvgIpc) is 2.95. The third kappa shape index (κ3) is 3.00. The van der Waals surface area contributed by atoms with Crippen LogP contribution >= 0.6 is 11.3 Å². The van der Waals surface area contributed by atoms with E-state index >= 15 is 0 Å². The molecule has 1 N–H and O–H groups in total. The van der Waals surface area contributed by atoms with E-state index in [1.165, 1.54) is 24.5 Å². The number of nitrogens with one attached hydrogen (secondary N) is 1. The molecule has 1 aromatic heterocycles. The second kappa shape index (κ2) is 6.79. The van der Waals surface area contributed by atoms with Gasteiger partial charge in [0.25, 0.3) is 5.91 Å². The van der Waals surface area contributed by atoms with Gasteiger partial charge in [-0.05, 0) is 30.3 Å². The fourth-order valence-corrected chi connectivity index (χ4v) is 3.60. The molecule has 0 saturated heterocycles. The summed E-state index contributed by atoms with van der Waals surface area (Å²) in [6, 6.07) is 13.4. The molecule has 6 heteroatoms. The van der Waals surface area contributed by atoms with Crippen LogP contribution in [-0.2, 0) is 11.3 Å². The third-order valence-electron chi connectivity index (χ3n) is 3.51. The lowest BCUT2D eigenvalue weighted by Gasteiger charge is -2.06. The van der Waals surface area contributed by atoms with Gasteiger partial charge in [-0.3, -0.25) is 4.79 Å². The monoisotopic (exact) mass is 340 g/mol. The van der Waals surface area contributed by atoms with Crippen molar-refractivity contribution in [2.24, 2.45) is 0 Å². The van der Waals surface area contributed by atoms with Crippen molar-refractivity contribution >= 4 is 33.0 Å². The fourth-order valence-electron chi connectivity index (χ4n) is 2.49. The predicted octanol–water partition coefficient (Wildman–Crippen LogP) is 4.31. The summed E-state index contributed by atoms with van der Waals surface area (Å²) in [7, 11) is 1.50. The minimum atomic E-state index is -0.374. The number of benzene rings is 2. The Balaban J connectivity index is 2.01. The Bertz CT molecular complexity index is 959. The molecule has 24 heavy (non-hydrogen) atoms. The van der Waals surface area contributed by atoms with Crippen LogP contribution < -0.4 is 5.32 Å². The van der Waals surface area contributed by atoms with E-state index in [-0.39, 0.29) is 18.3 Å². The fraction of sp³-hybridized carbons (Fsp3) is 0.111. The van der Waals surface area contributed by atoms with Gasteiger partial charge in [-0.25, -0.2) is 4.39 Å². The zero-order valence-corrected chi connectivity index (χ0v) is 13.6. The molecule has 0 radical (unpaired) electrons. The number of carbonyl (C=O) groups is 1. The van der Waals surface area contributed by atoms with Gasteiger partial charge >= 0.3 is 0 Å². The van der Waals surface area contributed by atoms with Crippen LogP contribution in [0.25, 0.3) is 10.1 Å². The van der Waals surface area contributed by atoms with Crippen molar-refractivity contribution in [1.82, 2.24) is 0 Å². The molecule has 4 nitrogen and oxygen atoms in total. The molecule has 0 aliphatic heterocycles. The van der Waals surface area contributed by atoms with Crippen LogP contribution in [0.4, 0.5) is 10.1 Å². The second-order valence-electron chi connectivity index (χ2n) is 5.10. The Morgan fingerprint density at radius 1 is 1.33 bits per heavy atom. The highest BCUT2D eigenvalue weighted by Crippen LogP contribution is 2.34. The van der Waals surface area contributed by atoms with Gasteiger partial charge in [0.1, 0.15) is 5.82 Å². The lowest BCUT2D eigenvalue weighted by Crippen LogP contribution is -2.12. The summed E-state index contributed by atoms with van der Waals surface area (Å²) in [4.78, 5) is 13.0. The summed E-state index contributed by atoms with van der Waals surface area (Å²) in [6.45, 7) is 0.141. The first-order valence-corrected chi connectivity index (χ1v) is 7.96. The van der Waals surface area contributed by atoms with Crippen molar-refractivity contribution in [2.75, 3.05) is 12.4 Å². The van der Waals surface area contributed by atoms with E-state index in [2.05, 4.69) is 5.32 Å². The molecule has 0 aliphatic carbocycles. The molecule has 0 saturated carbocycles. The summed E-state index contributed by atoms with van der Waals surface area (Å²) in [5.41, 5.74) is 1.50. The van der Waals surface area contributed by atoms with Gasteiger partial charge in [-0.15, -0.1) is 11.3 Å². The Labute approximate surface area is 142 Å². The van der Waals surface area contributed by atoms with E-state index in [1.54, 1.807) is 36.4 Å². The van der Waals surface area contributed by atoms with Crippen molar-refractivity contribution in [2.45, 2.75) is 6.61 Å². The topological polar surface area (TPSA) is 62.1 Å². The number of methoxy groups -OCH3 is 1. The summed E-state index contributed by atoms with van der Waals surface area (Å²) in [5.74, 6) is -0.723. The zero-order valence-electron chi connectivity index (χ0n) is 12.8. The van der Waals surface area contributed by atoms with Crippen molar-refractivity contribution in [3.63, 3.8) is 0 Å². The minimum Gasteiger partial charge on any atom is -0.380 e. The first kappa shape index (κ1) is 16.1. The highest BCUT2D eigenvalue weighted by Gasteiger charge is 2.20. The molecule has 0 atom stereocenters. The Kier molecular flexibility index (Phi) is 4.56. The predicted molar refractivity (Wildman–Crippen MR) is 91.6 cm³/mol. The molecule has 3 rings (SSSR count). The number of nitriles is 1. The zero-order chi connectivity index (χ0) is 17.1. The quantitative estimate of drug-likeness (QED) is 0.770. The number of ether oxygens (including phenoxy) is 1. The van der Waals surface area contributed by atoms with Crippen LogP contribution in [0.1, 0.15) is 20.8 Å². The largest absolute Gasteiger partial charge is 0.380 e. The lowest BCUT2D eigenvalue weighted by atomic mass is 10.1. The number of hydrogen-bond donors (Lipinski definition) is 1. The van der Waals surface area contributed by atoms with Gasteiger partial charge in [0, 0.05) is 28.4 Å². The Morgan fingerprint density at radius 2 is 2.12 bits per heavy atom. The maximum Gasteiger partial charge on any atom is 0.266 e. The van der Waals surface area contributed by atoms with Gasteiger partial charge in [0.15, 0.2) is 0 Å². The standard InChI is InChI=1S/C18H13FN2O2S/c1-23-10-13-16-14(19)6-3-7-15(16)24-17(13)18(22)21-12-5-2-4-11(8-12)9-20/h2-8H,10H2,1H3,(H,21,22). The van der Waals surface area contributed by atoms with Crippen molar-refractivity contribution in [3.8, 4) is 6.07 Å². The maximum atomic E-state index is 14.2. The molecule has 0 spiro atoms. The molecule has 0 unspecified atom stereocenters. The molecule has 120 valence electrons. The van der Waals surface area contributed by atoms with Crippen molar-refractivity contribution in [1.29, 1.82) is 5.26 Å². The molecule has 0 aliphatic rings. The van der Waals surface area contributed by atoms with Crippen LogP contribution in [0.2, 0.25) is 0 Å². The van der Waals surface area contributed by atoms with Crippen LogP contribution in [0, 0.1) is 17.1 Å². The van der Waals surface area contributed by atoms with Crippen LogP contribution in [0.15, 0.2) is 42.5 Å². The van der Waals surface area contributed by atoms with Gasteiger partial charge in [0.2, 0.25) is 0 Å². The van der Waals surface area contributed by atoms with Gasteiger partial charge in [-0.1, -0.05) is 12.1 Å². The number of hydrogen-bond acceptors (Lipinski definition) is 4. The molecular weight excluding hydrogens is 327 g/mol. The summed E-state index contributed by atoms with van der Waals surface area (Å²) in [5, 5.41) is 12.1. The number of fused-ring (bicyclic) bond motifs is 1. The Hall–Kier alpha value is -2.75. The van der Waals surface area contributed by atoms with E-state index in [9.17, 15) is 9.18 Å². The highest BCUT2D eigenvalue weighted by molar-refractivity contribution is 7.21. The molecule has 1 heterocycles. The second-order valence-corrected chi connectivity index (χ2v) is 6.15. The third-order valence-corrected chi connectivity index (χ3v) is 4.70. The SMILES string of the molecule is COCc1c(C(=O)Nc2cccc(C#N)c2)sc2cccc(F)c12. The molecule has 1 amide bonds. The summed E-state index contributed by atoms with van der Waals surface area (Å²) >= 11 is 1.22. The molecule has 0 bridgehead atoms. The number of amides is 1. The molecular formula is C18H13FN2O2S. The first-order valence-electron chi connectivity index (χ1n) is 7.14. The van der Waals surface area contributed by atoms with Crippen LogP contribution in [0.3, 0.4) is 0 Å². The highest BCUT2D eigenvalue weighted by atomic mass is 32.1. The summed E-state index contributed by atoms with van der Waals surface area (Å²) < 4.78 is 20.0. The van der Waals surface area contributed by atoms with E-state index < -0.39 is 0 Å². The first-order chi connectivity index (χ1) is 11.6. The number of nitrogens with zero attached hydrogens (tertiary/aromatic N) is 1. The normalized spacial score (nSPS) is 10.5. The van der Waals surface area contributed by atoms with Crippen LogP contribution in [-0.4, -0.2) is 13.0 Å². The number of halogens is 1. The van der Waals surface area contributed by atoms with Gasteiger partial charge in [0.05, 0.1) is 23.1 Å². The Morgan fingerprint density at radius 3 is 2.88 bits per heavy atom. The van der Waals surface area contributed by atoms with E-state index in [0.717, 1.165) is 0 Å². The summed E-state index contributed by atoms with van der Waals surface area (Å²) in [6.07, 6.45) is 0. The molecule has 3 aromatic rings. The average molecular weight is 340 g/mol. The van der Waals surface area contributed by atoms with E-state index in [1.807, 2.05) is 6.07 Å². The van der Waals surface area contributed by atoms with E-state index in [0.29, 0.717) is 31.8 Å². The lowest BCUT2D eigenvalue weighted by molar-refractivity contribution is 0.102. The molecule has 0 fully saturated rings. The maximum absolute atomic E-state index is 14.2. The van der Waals surface area contributed by atoms with Gasteiger partial charge in [-0.2, -0.15) is 5.26 Å². The van der Waals surface area contributed by atoms with E-state index in [4.69, 9.17) is 10.00 Å². The van der Waals surface area contributed by atoms with Crippen LogP contribution in [0.5, 0.6) is 0 Å².